The number of nitrogens with two attached hydrogens (primary N) is 1. The Morgan fingerprint density at radius 2 is 2.08 bits per heavy atom. The molecule has 1 aliphatic carbocycles. The summed E-state index contributed by atoms with van der Waals surface area (Å²) in [6.07, 6.45) is 5.29. The molecule has 0 heterocycles. The zero-order chi connectivity index (χ0) is 9.52. The first kappa shape index (κ1) is 10.6. The molecule has 1 rings (SSSR count). The smallest absolute Gasteiger partial charge is 0.0858 e. The quantitative estimate of drug-likeness (QED) is 0.508. The molecule has 0 aromatic carbocycles. The molecule has 4 nitrogen and oxygen atoms in total. The number of aliphatic hydroxyl groups excluding tert-OH is 1. The van der Waals surface area contributed by atoms with E-state index in [0.717, 1.165) is 12.8 Å². The van der Waals surface area contributed by atoms with E-state index in [-0.39, 0.29) is 18.7 Å². The van der Waals surface area contributed by atoms with Crippen molar-refractivity contribution in [3.63, 3.8) is 0 Å². The van der Waals surface area contributed by atoms with Gasteiger partial charge in [-0.05, 0) is 19.3 Å². The minimum atomic E-state index is 0.190. The van der Waals surface area contributed by atoms with E-state index in [9.17, 15) is 0 Å². The molecule has 13 heavy (non-hydrogen) atoms. The van der Waals surface area contributed by atoms with E-state index >= 15 is 0 Å². The van der Waals surface area contributed by atoms with Crippen LogP contribution in [0.3, 0.4) is 0 Å². The van der Waals surface area contributed by atoms with E-state index in [0.29, 0.717) is 13.0 Å². The third-order valence-corrected chi connectivity index (χ3v) is 2.43. The number of azo groups is 1. The molecule has 0 aromatic rings. The molecule has 0 amide bonds. The number of aliphatic hydroxyl groups is 1. The fraction of sp³-hybridized carbons (Fsp3) is 1.00. The average molecular weight is 185 g/mol. The van der Waals surface area contributed by atoms with Gasteiger partial charge < -0.3 is 10.8 Å². The Bertz CT molecular complexity index is 161. The third kappa shape index (κ3) is 3.83. The molecule has 2 atom stereocenters. The van der Waals surface area contributed by atoms with Crippen molar-refractivity contribution in [2.24, 2.45) is 16.0 Å². The molecule has 76 valence electrons. The maximum atomic E-state index is 8.53. The first-order valence-corrected chi connectivity index (χ1v) is 5.07. The SMILES string of the molecule is N[C@H]1CCCC[C@H]1N=NCCCO. The van der Waals surface area contributed by atoms with Crippen molar-refractivity contribution in [1.82, 2.24) is 0 Å². The van der Waals surface area contributed by atoms with Gasteiger partial charge in [0.1, 0.15) is 0 Å². The summed E-state index contributed by atoms with van der Waals surface area (Å²) in [7, 11) is 0. The van der Waals surface area contributed by atoms with Crippen LogP contribution >= 0.6 is 0 Å². The summed E-state index contributed by atoms with van der Waals surface area (Å²) < 4.78 is 0. The fourth-order valence-electron chi connectivity index (χ4n) is 1.59. The number of nitrogens with zero attached hydrogens (tertiary/aromatic N) is 2. The van der Waals surface area contributed by atoms with Crippen LogP contribution in [-0.2, 0) is 0 Å². The van der Waals surface area contributed by atoms with E-state index < -0.39 is 0 Å². The number of hydrogen-bond donors (Lipinski definition) is 2. The Kier molecular flexibility index (Phi) is 4.93. The van der Waals surface area contributed by atoms with Gasteiger partial charge in [0.05, 0.1) is 12.6 Å². The lowest BCUT2D eigenvalue weighted by Gasteiger charge is -2.23. The molecule has 0 radical (unpaired) electrons. The number of rotatable bonds is 4. The molecule has 0 bridgehead atoms. The lowest BCUT2D eigenvalue weighted by Crippen LogP contribution is -2.35. The highest BCUT2D eigenvalue weighted by atomic mass is 16.3. The minimum absolute atomic E-state index is 0.190. The molecule has 0 saturated heterocycles. The van der Waals surface area contributed by atoms with Crippen LogP contribution < -0.4 is 5.73 Å². The predicted molar refractivity (Wildman–Crippen MR) is 51.7 cm³/mol. The van der Waals surface area contributed by atoms with Gasteiger partial charge in [0.25, 0.3) is 0 Å². The maximum Gasteiger partial charge on any atom is 0.0858 e. The lowest BCUT2D eigenvalue weighted by atomic mass is 9.92. The van der Waals surface area contributed by atoms with E-state index in [4.69, 9.17) is 10.8 Å². The van der Waals surface area contributed by atoms with E-state index in [1.165, 1.54) is 12.8 Å². The van der Waals surface area contributed by atoms with Gasteiger partial charge in [-0.1, -0.05) is 12.8 Å². The molecule has 0 aliphatic heterocycles. The molecular formula is C9H19N3O. The van der Waals surface area contributed by atoms with Crippen molar-refractivity contribution in [3.8, 4) is 0 Å². The second-order valence-electron chi connectivity index (χ2n) is 3.57. The van der Waals surface area contributed by atoms with Gasteiger partial charge in [0.15, 0.2) is 0 Å². The second kappa shape index (κ2) is 6.05. The predicted octanol–water partition coefficient (Wildman–Crippen LogP) is 1.09. The van der Waals surface area contributed by atoms with Gasteiger partial charge in [0.2, 0.25) is 0 Å². The van der Waals surface area contributed by atoms with Crippen molar-refractivity contribution < 1.29 is 5.11 Å². The normalized spacial score (nSPS) is 29.7. The molecule has 0 spiro atoms. The second-order valence-corrected chi connectivity index (χ2v) is 3.57. The van der Waals surface area contributed by atoms with Crippen molar-refractivity contribution >= 4 is 0 Å². The number of hydrogen-bond acceptors (Lipinski definition) is 4. The highest BCUT2D eigenvalue weighted by molar-refractivity contribution is 4.82. The molecule has 0 unspecified atom stereocenters. The first-order chi connectivity index (χ1) is 6.34. The minimum Gasteiger partial charge on any atom is -0.396 e. The van der Waals surface area contributed by atoms with Gasteiger partial charge >= 0.3 is 0 Å². The summed E-state index contributed by atoms with van der Waals surface area (Å²) in [6.45, 7) is 0.815. The highest BCUT2D eigenvalue weighted by Gasteiger charge is 2.20. The summed E-state index contributed by atoms with van der Waals surface area (Å²) in [5.41, 5.74) is 5.89. The summed E-state index contributed by atoms with van der Waals surface area (Å²) in [5, 5.41) is 16.7. The van der Waals surface area contributed by atoms with Crippen LogP contribution in [0.15, 0.2) is 10.2 Å². The van der Waals surface area contributed by atoms with Crippen molar-refractivity contribution in [1.29, 1.82) is 0 Å². The fourth-order valence-corrected chi connectivity index (χ4v) is 1.59. The summed E-state index contributed by atoms with van der Waals surface area (Å²) in [5.74, 6) is 0. The van der Waals surface area contributed by atoms with Gasteiger partial charge in [-0.25, -0.2) is 0 Å². The van der Waals surface area contributed by atoms with Gasteiger partial charge in [-0.3, -0.25) is 0 Å². The zero-order valence-electron chi connectivity index (χ0n) is 8.02. The highest BCUT2D eigenvalue weighted by Crippen LogP contribution is 2.19. The maximum absolute atomic E-state index is 8.53. The van der Waals surface area contributed by atoms with Crippen LogP contribution in [0, 0.1) is 0 Å². The van der Waals surface area contributed by atoms with E-state index in [2.05, 4.69) is 10.2 Å². The summed E-state index contributed by atoms with van der Waals surface area (Å²) >= 11 is 0. The average Bonchev–Trinajstić information content (AvgIpc) is 2.15. The third-order valence-electron chi connectivity index (χ3n) is 2.43. The molecule has 1 saturated carbocycles. The Morgan fingerprint density at radius 1 is 1.31 bits per heavy atom. The summed E-state index contributed by atoms with van der Waals surface area (Å²) in [4.78, 5) is 0. The Morgan fingerprint density at radius 3 is 2.77 bits per heavy atom. The van der Waals surface area contributed by atoms with Crippen molar-refractivity contribution in [2.45, 2.75) is 44.2 Å². The van der Waals surface area contributed by atoms with Crippen LogP contribution in [0.1, 0.15) is 32.1 Å². The van der Waals surface area contributed by atoms with Crippen LogP contribution in [0.4, 0.5) is 0 Å². The monoisotopic (exact) mass is 185 g/mol. The van der Waals surface area contributed by atoms with Gasteiger partial charge in [-0.15, -0.1) is 0 Å². The standard InChI is InChI=1S/C9H19N3O/c10-8-4-1-2-5-9(8)12-11-6-3-7-13/h8-9,13H,1-7,10H2/t8-,9+/m0/s1. The molecule has 3 N–H and O–H groups in total. The topological polar surface area (TPSA) is 71.0 Å². The Balaban J connectivity index is 2.21. The van der Waals surface area contributed by atoms with E-state index in [1.807, 2.05) is 0 Å². The largest absolute Gasteiger partial charge is 0.396 e. The zero-order valence-corrected chi connectivity index (χ0v) is 8.02. The summed E-state index contributed by atoms with van der Waals surface area (Å²) in [6, 6.07) is 0.430. The van der Waals surface area contributed by atoms with Crippen LogP contribution in [-0.4, -0.2) is 30.3 Å². The van der Waals surface area contributed by atoms with E-state index in [1.54, 1.807) is 0 Å². The van der Waals surface area contributed by atoms with Crippen molar-refractivity contribution in [2.75, 3.05) is 13.2 Å². The van der Waals surface area contributed by atoms with Gasteiger partial charge in [0, 0.05) is 12.6 Å². The molecular weight excluding hydrogens is 166 g/mol. The molecule has 1 fully saturated rings. The molecule has 0 aromatic heterocycles. The van der Waals surface area contributed by atoms with Crippen molar-refractivity contribution in [3.05, 3.63) is 0 Å². The van der Waals surface area contributed by atoms with Crippen LogP contribution in [0.2, 0.25) is 0 Å². The van der Waals surface area contributed by atoms with Gasteiger partial charge in [-0.2, -0.15) is 10.2 Å². The molecule has 1 aliphatic rings. The lowest BCUT2D eigenvalue weighted by molar-refractivity contribution is 0.289. The van der Waals surface area contributed by atoms with Crippen LogP contribution in [0.25, 0.3) is 0 Å². The first-order valence-electron chi connectivity index (χ1n) is 5.07. The molecule has 4 heteroatoms. The Hall–Kier alpha value is -0.480. The van der Waals surface area contributed by atoms with Crippen LogP contribution in [0.5, 0.6) is 0 Å². The Labute approximate surface area is 79.2 Å².